The van der Waals surface area contributed by atoms with E-state index in [1.54, 1.807) is 60.7 Å². The van der Waals surface area contributed by atoms with Gasteiger partial charge < -0.3 is 14.2 Å². The average molecular weight is 560 g/mol. The molecule has 0 unspecified atom stereocenters. The van der Waals surface area contributed by atoms with E-state index in [-0.39, 0.29) is 10.6 Å². The van der Waals surface area contributed by atoms with Gasteiger partial charge in [-0.2, -0.15) is 5.10 Å². The van der Waals surface area contributed by atoms with Crippen molar-refractivity contribution < 1.29 is 27.4 Å². The van der Waals surface area contributed by atoms with E-state index in [0.29, 0.717) is 29.4 Å². The van der Waals surface area contributed by atoms with Crippen molar-refractivity contribution in [2.45, 2.75) is 11.5 Å². The summed E-state index contributed by atoms with van der Waals surface area (Å²) in [5.41, 5.74) is 4.35. The van der Waals surface area contributed by atoms with Crippen molar-refractivity contribution in [2.75, 3.05) is 25.1 Å². The fourth-order valence-corrected chi connectivity index (χ4v) is 5.20. The van der Waals surface area contributed by atoms with Crippen molar-refractivity contribution in [3.05, 3.63) is 114 Å². The second-order valence-electron chi connectivity index (χ2n) is 8.50. The zero-order chi connectivity index (χ0) is 28.4. The minimum atomic E-state index is -4.06. The van der Waals surface area contributed by atoms with Gasteiger partial charge in [0.25, 0.3) is 15.9 Å². The largest absolute Gasteiger partial charge is 0.497 e. The molecule has 206 valence electrons. The lowest BCUT2D eigenvalue weighted by Gasteiger charge is -2.24. The first-order valence-corrected chi connectivity index (χ1v) is 13.7. The van der Waals surface area contributed by atoms with Crippen molar-refractivity contribution in [2.24, 2.45) is 5.10 Å². The van der Waals surface area contributed by atoms with Crippen LogP contribution in [-0.2, 0) is 21.4 Å². The molecule has 0 aromatic heterocycles. The Morgan fingerprint density at radius 1 is 0.850 bits per heavy atom. The van der Waals surface area contributed by atoms with E-state index < -0.39 is 22.5 Å². The van der Waals surface area contributed by atoms with Gasteiger partial charge in [-0.05, 0) is 53.6 Å². The third kappa shape index (κ3) is 7.17. The van der Waals surface area contributed by atoms with E-state index in [1.807, 2.05) is 30.3 Å². The SMILES string of the molecule is COc1cccc(N(CC(=O)N/N=C\c2ccc(OCc3ccccc3)c(OC)c2)S(=O)(=O)c2ccccc2)c1. The number of anilines is 1. The second-order valence-corrected chi connectivity index (χ2v) is 10.4. The molecule has 0 aliphatic carbocycles. The van der Waals surface area contributed by atoms with Crippen LogP contribution in [0.1, 0.15) is 11.1 Å². The van der Waals surface area contributed by atoms with E-state index in [9.17, 15) is 13.2 Å². The number of benzene rings is 4. The Balaban J connectivity index is 1.46. The van der Waals surface area contributed by atoms with E-state index in [4.69, 9.17) is 14.2 Å². The minimum absolute atomic E-state index is 0.0517. The highest BCUT2D eigenvalue weighted by Crippen LogP contribution is 2.29. The standard InChI is InChI=1S/C30H29N3O6S/c1-37-26-13-9-12-25(19-26)33(40(35,36)27-14-7-4-8-15-27)21-30(34)32-31-20-24-16-17-28(29(18-24)38-2)39-22-23-10-5-3-6-11-23/h3-20H,21-22H2,1-2H3,(H,32,34)/b31-20-. The van der Waals surface area contributed by atoms with Crippen LogP contribution >= 0.6 is 0 Å². The first-order chi connectivity index (χ1) is 19.4. The van der Waals surface area contributed by atoms with Gasteiger partial charge in [0.15, 0.2) is 11.5 Å². The van der Waals surface area contributed by atoms with E-state index in [0.717, 1.165) is 9.87 Å². The van der Waals surface area contributed by atoms with Crippen molar-refractivity contribution in [1.29, 1.82) is 0 Å². The van der Waals surface area contributed by atoms with Gasteiger partial charge in [0.2, 0.25) is 0 Å². The Hall–Kier alpha value is -4.83. The van der Waals surface area contributed by atoms with Crippen LogP contribution in [0.3, 0.4) is 0 Å². The lowest BCUT2D eigenvalue weighted by Crippen LogP contribution is -2.39. The highest BCUT2D eigenvalue weighted by atomic mass is 32.2. The van der Waals surface area contributed by atoms with Crippen molar-refractivity contribution >= 4 is 27.8 Å². The van der Waals surface area contributed by atoms with Gasteiger partial charge in [-0.1, -0.05) is 54.6 Å². The number of hydrogen-bond acceptors (Lipinski definition) is 7. The molecular formula is C30H29N3O6S. The summed E-state index contributed by atoms with van der Waals surface area (Å²) in [6.45, 7) is -0.117. The zero-order valence-corrected chi connectivity index (χ0v) is 22.9. The number of carbonyl (C=O) groups is 1. The molecular weight excluding hydrogens is 530 g/mol. The number of methoxy groups -OCH3 is 2. The van der Waals surface area contributed by atoms with Gasteiger partial charge in [0, 0.05) is 6.07 Å². The van der Waals surface area contributed by atoms with Gasteiger partial charge in [-0.15, -0.1) is 0 Å². The molecule has 9 nitrogen and oxygen atoms in total. The molecule has 0 heterocycles. The van der Waals surface area contributed by atoms with Gasteiger partial charge in [0.05, 0.1) is 31.0 Å². The summed E-state index contributed by atoms with van der Waals surface area (Å²) in [6, 6.07) is 29.4. The van der Waals surface area contributed by atoms with E-state index in [1.165, 1.54) is 32.6 Å². The number of hydrazone groups is 1. The predicted octanol–water partition coefficient (Wildman–Crippen LogP) is 4.63. The molecule has 0 bridgehead atoms. The normalized spacial score (nSPS) is 11.2. The minimum Gasteiger partial charge on any atom is -0.497 e. The fourth-order valence-electron chi connectivity index (χ4n) is 3.76. The lowest BCUT2D eigenvalue weighted by atomic mass is 10.2. The number of nitrogens with zero attached hydrogens (tertiary/aromatic N) is 2. The summed E-state index contributed by atoms with van der Waals surface area (Å²) in [6.07, 6.45) is 1.43. The quantitative estimate of drug-likeness (QED) is 0.200. The number of sulfonamides is 1. The van der Waals surface area contributed by atoms with Crippen LogP contribution < -0.4 is 23.9 Å². The topological polar surface area (TPSA) is 107 Å². The smallest absolute Gasteiger partial charge is 0.264 e. The summed E-state index contributed by atoms with van der Waals surface area (Å²) in [5, 5.41) is 4.01. The Labute approximate surface area is 233 Å². The van der Waals surface area contributed by atoms with Crippen LogP contribution in [-0.4, -0.2) is 41.3 Å². The Bertz CT molecular complexity index is 1560. The van der Waals surface area contributed by atoms with Crippen LogP contribution in [0.15, 0.2) is 113 Å². The molecule has 1 N–H and O–H groups in total. The average Bonchev–Trinajstić information content (AvgIpc) is 3.00. The van der Waals surface area contributed by atoms with E-state index in [2.05, 4.69) is 10.5 Å². The Morgan fingerprint density at radius 2 is 1.57 bits per heavy atom. The van der Waals surface area contributed by atoms with Gasteiger partial charge in [-0.25, -0.2) is 13.8 Å². The van der Waals surface area contributed by atoms with Crippen molar-refractivity contribution in [3.63, 3.8) is 0 Å². The monoisotopic (exact) mass is 559 g/mol. The molecule has 0 aliphatic heterocycles. The third-order valence-electron chi connectivity index (χ3n) is 5.79. The maximum Gasteiger partial charge on any atom is 0.264 e. The summed E-state index contributed by atoms with van der Waals surface area (Å²) in [5.74, 6) is 0.889. The molecule has 4 rings (SSSR count). The summed E-state index contributed by atoms with van der Waals surface area (Å²) >= 11 is 0. The molecule has 4 aromatic carbocycles. The second kappa shape index (κ2) is 13.3. The number of rotatable bonds is 12. The van der Waals surface area contributed by atoms with Crippen molar-refractivity contribution in [3.8, 4) is 17.2 Å². The summed E-state index contributed by atoms with van der Waals surface area (Å²) < 4.78 is 44.5. The first kappa shape index (κ1) is 28.2. The van der Waals surface area contributed by atoms with Crippen LogP contribution in [0.25, 0.3) is 0 Å². The molecule has 0 aliphatic rings. The molecule has 0 fully saturated rings. The molecule has 40 heavy (non-hydrogen) atoms. The van der Waals surface area contributed by atoms with Gasteiger partial charge >= 0.3 is 0 Å². The molecule has 0 saturated carbocycles. The number of nitrogens with one attached hydrogen (secondary N) is 1. The first-order valence-electron chi connectivity index (χ1n) is 12.3. The van der Waals surface area contributed by atoms with Crippen LogP contribution in [0.4, 0.5) is 5.69 Å². The third-order valence-corrected chi connectivity index (χ3v) is 7.58. The molecule has 10 heteroatoms. The predicted molar refractivity (Wildman–Crippen MR) is 153 cm³/mol. The molecule has 0 atom stereocenters. The number of ether oxygens (including phenoxy) is 3. The Kier molecular flexibility index (Phi) is 9.37. The highest BCUT2D eigenvalue weighted by molar-refractivity contribution is 7.92. The van der Waals surface area contributed by atoms with Crippen LogP contribution in [0, 0.1) is 0 Å². The summed E-state index contributed by atoms with van der Waals surface area (Å²) in [4.78, 5) is 12.9. The highest BCUT2D eigenvalue weighted by Gasteiger charge is 2.27. The molecule has 0 spiro atoms. The van der Waals surface area contributed by atoms with Gasteiger partial charge in [-0.3, -0.25) is 9.10 Å². The molecule has 4 aromatic rings. The maximum atomic E-state index is 13.5. The Morgan fingerprint density at radius 3 is 2.27 bits per heavy atom. The van der Waals surface area contributed by atoms with E-state index >= 15 is 0 Å². The lowest BCUT2D eigenvalue weighted by molar-refractivity contribution is -0.119. The summed E-state index contributed by atoms with van der Waals surface area (Å²) in [7, 11) is -1.04. The maximum absolute atomic E-state index is 13.5. The number of hydrogen-bond donors (Lipinski definition) is 1. The zero-order valence-electron chi connectivity index (χ0n) is 22.1. The molecule has 1 amide bonds. The fraction of sp³-hybridized carbons (Fsp3) is 0.133. The molecule has 0 saturated heterocycles. The number of amides is 1. The number of carbonyl (C=O) groups excluding carboxylic acids is 1. The van der Waals surface area contributed by atoms with Crippen LogP contribution in [0.5, 0.6) is 17.2 Å². The van der Waals surface area contributed by atoms with Gasteiger partial charge in [0.1, 0.15) is 18.9 Å². The van der Waals surface area contributed by atoms with Crippen molar-refractivity contribution in [1.82, 2.24) is 5.43 Å². The molecule has 0 radical (unpaired) electrons. The van der Waals surface area contributed by atoms with Crippen LogP contribution in [0.2, 0.25) is 0 Å².